The molecule has 0 fully saturated rings. The molecule has 0 unspecified atom stereocenters. The van der Waals surface area contributed by atoms with Crippen molar-refractivity contribution < 1.29 is 22.0 Å². The predicted molar refractivity (Wildman–Crippen MR) is 63.1 cm³/mol. The molecule has 0 bridgehead atoms. The van der Waals surface area contributed by atoms with E-state index in [1.807, 2.05) is 48.8 Å². The molecule has 3 nitrogen and oxygen atoms in total. The quantitative estimate of drug-likeness (QED) is 0.525. The van der Waals surface area contributed by atoms with Crippen LogP contribution in [0.3, 0.4) is 0 Å². The highest BCUT2D eigenvalue weighted by Crippen LogP contribution is 1.95. The molecule has 0 saturated heterocycles. The average molecular weight is 302 g/mol. The molecule has 0 spiro atoms. The van der Waals surface area contributed by atoms with Crippen molar-refractivity contribution in [1.29, 1.82) is 0 Å². The highest BCUT2D eigenvalue weighted by Gasteiger charge is 1.85. The largest absolute Gasteiger partial charge is 1.00 e. The number of rotatable bonds is 2. The number of H-pyrrole nitrogens is 1. The van der Waals surface area contributed by atoms with Crippen LogP contribution in [0.5, 0.6) is 0 Å². The molecule has 0 aliphatic carbocycles. The molecule has 16 heavy (non-hydrogen) atoms. The normalized spacial score (nSPS) is 8.62. The number of hydrazine groups is 1. The monoisotopic (exact) mass is 301 g/mol. The predicted octanol–water partition coefficient (Wildman–Crippen LogP) is -1.48. The molecule has 0 atom stereocenters. The molecule has 0 amide bonds. The molecule has 1 heterocycles. The standard InChI is InChI=1S/C7H10N2.C4H5NS.BrH/c8-9-6-7-4-2-1-3-5-7;1-4-5-2-3-6-4;/h1-5,9H,6,8H2;2-3H,1H3;1H. The van der Waals surface area contributed by atoms with Crippen LogP contribution in [0.4, 0.5) is 0 Å². The van der Waals surface area contributed by atoms with Gasteiger partial charge >= 0.3 is 0 Å². The minimum atomic E-state index is 0. The Balaban J connectivity index is 0.000000283. The minimum Gasteiger partial charge on any atom is -1.00 e. The molecule has 2 rings (SSSR count). The van der Waals surface area contributed by atoms with Crippen molar-refractivity contribution in [2.75, 3.05) is 0 Å². The first kappa shape index (κ1) is 15.2. The average Bonchev–Trinajstić information content (AvgIpc) is 2.72. The van der Waals surface area contributed by atoms with E-state index in [4.69, 9.17) is 5.84 Å². The van der Waals surface area contributed by atoms with Gasteiger partial charge in [0.15, 0.2) is 6.20 Å². The Labute approximate surface area is 110 Å². The maximum Gasteiger partial charge on any atom is 0.232 e. The van der Waals surface area contributed by atoms with E-state index in [0.717, 1.165) is 6.54 Å². The SMILES string of the molecule is Cc1[nH+]ccs1.NNCc1ccccc1.[Br-]. The highest BCUT2D eigenvalue weighted by molar-refractivity contribution is 7.09. The van der Waals surface area contributed by atoms with Crippen molar-refractivity contribution >= 4 is 11.3 Å². The number of benzene rings is 1. The zero-order valence-electron chi connectivity index (χ0n) is 9.11. The third kappa shape index (κ3) is 6.68. The van der Waals surface area contributed by atoms with Gasteiger partial charge in [-0.1, -0.05) is 41.7 Å². The maximum atomic E-state index is 5.11. The van der Waals surface area contributed by atoms with E-state index in [0.29, 0.717) is 0 Å². The van der Waals surface area contributed by atoms with Crippen molar-refractivity contribution in [3.8, 4) is 0 Å². The van der Waals surface area contributed by atoms with Gasteiger partial charge in [0.1, 0.15) is 0 Å². The van der Waals surface area contributed by atoms with Crippen LogP contribution in [-0.4, -0.2) is 0 Å². The summed E-state index contributed by atoms with van der Waals surface area (Å²) >= 11 is 1.72. The summed E-state index contributed by atoms with van der Waals surface area (Å²) in [7, 11) is 0. The molecular formula is C11H16BrN3S. The molecule has 88 valence electrons. The number of nitrogens with two attached hydrogens (primary N) is 1. The number of nitrogens with one attached hydrogen (secondary N) is 2. The second-order valence-electron chi connectivity index (χ2n) is 2.99. The fourth-order valence-corrected chi connectivity index (χ4v) is 1.51. The van der Waals surface area contributed by atoms with Gasteiger partial charge in [-0.25, -0.2) is 4.98 Å². The number of aromatic nitrogens is 1. The first-order valence-electron chi connectivity index (χ1n) is 4.72. The number of hydrogen-bond acceptors (Lipinski definition) is 3. The second kappa shape index (κ2) is 9.47. The summed E-state index contributed by atoms with van der Waals surface area (Å²) in [6.07, 6.45) is 1.93. The van der Waals surface area contributed by atoms with Gasteiger partial charge in [-0.2, -0.15) is 0 Å². The van der Waals surface area contributed by atoms with Crippen LogP contribution >= 0.6 is 11.3 Å². The van der Waals surface area contributed by atoms with Gasteiger partial charge in [-0.15, -0.1) is 0 Å². The van der Waals surface area contributed by atoms with Crippen LogP contribution in [0.2, 0.25) is 0 Å². The van der Waals surface area contributed by atoms with E-state index >= 15 is 0 Å². The lowest BCUT2D eigenvalue weighted by molar-refractivity contribution is -0.379. The summed E-state index contributed by atoms with van der Waals surface area (Å²) < 4.78 is 0. The summed E-state index contributed by atoms with van der Waals surface area (Å²) in [6, 6.07) is 10.0. The van der Waals surface area contributed by atoms with E-state index < -0.39 is 0 Å². The molecular weight excluding hydrogens is 286 g/mol. The Morgan fingerprint density at radius 3 is 2.38 bits per heavy atom. The zero-order chi connectivity index (χ0) is 10.9. The summed E-state index contributed by atoms with van der Waals surface area (Å²) in [5, 5.41) is 3.28. The number of aryl methyl sites for hydroxylation is 1. The number of halogens is 1. The molecule has 0 aliphatic rings. The van der Waals surface area contributed by atoms with E-state index in [1.54, 1.807) is 11.3 Å². The molecule has 0 aliphatic heterocycles. The van der Waals surface area contributed by atoms with Crippen molar-refractivity contribution in [1.82, 2.24) is 5.43 Å². The van der Waals surface area contributed by atoms with Crippen molar-refractivity contribution in [3.05, 3.63) is 52.5 Å². The summed E-state index contributed by atoms with van der Waals surface area (Å²) in [5.41, 5.74) is 3.79. The van der Waals surface area contributed by atoms with Crippen molar-refractivity contribution in [2.24, 2.45) is 5.84 Å². The van der Waals surface area contributed by atoms with E-state index in [1.165, 1.54) is 10.6 Å². The third-order valence-electron chi connectivity index (χ3n) is 1.75. The van der Waals surface area contributed by atoms with Crippen LogP contribution in [-0.2, 0) is 6.54 Å². The van der Waals surface area contributed by atoms with Crippen LogP contribution in [0.25, 0.3) is 0 Å². The highest BCUT2D eigenvalue weighted by atomic mass is 79.9. The molecule has 2 aromatic rings. The molecule has 1 aromatic carbocycles. The summed E-state index contributed by atoms with van der Waals surface area (Å²) in [5.74, 6) is 5.11. The molecule has 5 heteroatoms. The van der Waals surface area contributed by atoms with E-state index in [9.17, 15) is 0 Å². The van der Waals surface area contributed by atoms with Crippen molar-refractivity contribution in [3.63, 3.8) is 0 Å². The molecule has 4 N–H and O–H groups in total. The van der Waals surface area contributed by atoms with E-state index in [2.05, 4.69) is 10.4 Å². The topological polar surface area (TPSA) is 52.2 Å². The smallest absolute Gasteiger partial charge is 0.232 e. The Bertz CT molecular complexity index is 351. The summed E-state index contributed by atoms with van der Waals surface area (Å²) in [4.78, 5) is 3.02. The van der Waals surface area contributed by atoms with Gasteiger partial charge in [-0.05, 0) is 5.56 Å². The lowest BCUT2D eigenvalue weighted by Crippen LogP contribution is -3.00. The zero-order valence-corrected chi connectivity index (χ0v) is 11.5. The Kier molecular flexibility index (Phi) is 9.03. The van der Waals surface area contributed by atoms with Gasteiger partial charge in [0, 0.05) is 13.5 Å². The summed E-state index contributed by atoms with van der Waals surface area (Å²) in [6.45, 7) is 2.78. The van der Waals surface area contributed by atoms with Crippen LogP contribution < -0.4 is 33.2 Å². The van der Waals surface area contributed by atoms with Gasteiger partial charge in [0.05, 0.1) is 5.38 Å². The number of aromatic amines is 1. The van der Waals surface area contributed by atoms with Crippen LogP contribution in [0.15, 0.2) is 41.9 Å². The van der Waals surface area contributed by atoms with Gasteiger partial charge in [0.25, 0.3) is 0 Å². The Hall–Kier alpha value is -0.750. The van der Waals surface area contributed by atoms with Gasteiger partial charge < -0.3 is 17.0 Å². The number of hydrogen-bond donors (Lipinski definition) is 2. The lowest BCUT2D eigenvalue weighted by atomic mass is 10.2. The van der Waals surface area contributed by atoms with Gasteiger partial charge in [-0.3, -0.25) is 11.3 Å². The molecule has 1 aromatic heterocycles. The first-order chi connectivity index (χ1) is 7.33. The third-order valence-corrected chi connectivity index (χ3v) is 2.49. The Morgan fingerprint density at radius 1 is 1.31 bits per heavy atom. The van der Waals surface area contributed by atoms with Gasteiger partial charge in [0.2, 0.25) is 5.01 Å². The maximum absolute atomic E-state index is 5.11. The number of thiazole rings is 1. The fourth-order valence-electron chi connectivity index (χ4n) is 1.04. The lowest BCUT2D eigenvalue weighted by Gasteiger charge is -1.95. The molecule has 0 saturated carbocycles. The van der Waals surface area contributed by atoms with Crippen molar-refractivity contribution in [2.45, 2.75) is 13.5 Å². The Morgan fingerprint density at radius 2 is 2.00 bits per heavy atom. The van der Waals surface area contributed by atoms with Crippen LogP contribution in [0, 0.1) is 6.92 Å². The first-order valence-corrected chi connectivity index (χ1v) is 5.60. The minimum absolute atomic E-state index is 0. The van der Waals surface area contributed by atoms with Crippen LogP contribution in [0.1, 0.15) is 10.6 Å². The fraction of sp³-hybridized carbons (Fsp3) is 0.182. The second-order valence-corrected chi connectivity index (χ2v) is 4.11. The molecule has 0 radical (unpaired) electrons. The van der Waals surface area contributed by atoms with E-state index in [-0.39, 0.29) is 17.0 Å².